The Bertz CT molecular complexity index is 857. The number of nitrogens with one attached hydrogen (secondary N) is 1. The summed E-state index contributed by atoms with van der Waals surface area (Å²) in [6, 6.07) is 6.62. The molecule has 0 aliphatic rings. The molecule has 0 atom stereocenters. The predicted molar refractivity (Wildman–Crippen MR) is 83.8 cm³/mol. The third-order valence-electron chi connectivity index (χ3n) is 2.92. The van der Waals surface area contributed by atoms with E-state index in [4.69, 9.17) is 0 Å². The zero-order valence-electron chi connectivity index (χ0n) is 12.0. The lowest BCUT2D eigenvalue weighted by Crippen LogP contribution is -2.43. The number of amides is 1. The molecule has 1 aromatic heterocycles. The van der Waals surface area contributed by atoms with Gasteiger partial charge < -0.3 is 9.88 Å². The van der Waals surface area contributed by atoms with Gasteiger partial charge in [-0.15, -0.1) is 0 Å². The van der Waals surface area contributed by atoms with E-state index in [0.29, 0.717) is 5.69 Å². The lowest BCUT2D eigenvalue weighted by molar-refractivity contribution is -0.141. The Balaban J connectivity index is 2.14. The van der Waals surface area contributed by atoms with Crippen LogP contribution in [0, 0.1) is 0 Å². The largest absolute Gasteiger partial charge is 0.406 e. The molecule has 0 bridgehead atoms. The highest BCUT2D eigenvalue weighted by Crippen LogP contribution is 2.16. The Morgan fingerprint density at radius 2 is 1.58 bits per heavy atom. The van der Waals surface area contributed by atoms with Crippen molar-refractivity contribution in [3.05, 3.63) is 61.8 Å². The van der Waals surface area contributed by atoms with Crippen LogP contribution in [0.25, 0.3) is 0 Å². The average Bonchev–Trinajstić information content (AvgIpc) is 2.48. The molecule has 1 N–H and O–H groups in total. The predicted octanol–water partition coefficient (Wildman–Crippen LogP) is 1.97. The second kappa shape index (κ2) is 7.04. The third-order valence-corrected chi connectivity index (χ3v) is 3.45. The molecule has 6 nitrogen and oxygen atoms in total. The first-order chi connectivity index (χ1) is 11.2. The van der Waals surface area contributed by atoms with Crippen LogP contribution in [-0.2, 0) is 17.9 Å². The van der Waals surface area contributed by atoms with Crippen molar-refractivity contribution in [1.29, 1.82) is 0 Å². The molecular weight excluding hydrogens is 395 g/mol. The molecular formula is C14H11BrF3N3O3. The molecule has 2 aromatic rings. The van der Waals surface area contributed by atoms with E-state index in [1.54, 1.807) is 24.3 Å². The molecule has 0 fully saturated rings. The first kappa shape index (κ1) is 18.0. The van der Waals surface area contributed by atoms with Gasteiger partial charge in [-0.05, 0) is 24.3 Å². The number of hydrogen-bond acceptors (Lipinski definition) is 3. The molecule has 1 heterocycles. The van der Waals surface area contributed by atoms with Gasteiger partial charge in [0, 0.05) is 22.6 Å². The zero-order chi connectivity index (χ0) is 17.9. The van der Waals surface area contributed by atoms with Gasteiger partial charge in [0.25, 0.3) is 0 Å². The Morgan fingerprint density at radius 3 is 2.17 bits per heavy atom. The van der Waals surface area contributed by atoms with Crippen molar-refractivity contribution in [3.8, 4) is 0 Å². The maximum Gasteiger partial charge on any atom is 0.406 e. The fraction of sp³-hybridized carbons (Fsp3) is 0.214. The molecule has 128 valence electrons. The van der Waals surface area contributed by atoms with Crippen LogP contribution in [0.1, 0.15) is 0 Å². The van der Waals surface area contributed by atoms with Gasteiger partial charge in [-0.1, -0.05) is 15.9 Å². The Morgan fingerprint density at radius 1 is 1.04 bits per heavy atom. The summed E-state index contributed by atoms with van der Waals surface area (Å²) in [5, 5.41) is 2.51. The minimum atomic E-state index is -4.62. The molecule has 0 radical (unpaired) electrons. The van der Waals surface area contributed by atoms with Crippen LogP contribution in [0.2, 0.25) is 0 Å². The highest BCUT2D eigenvalue weighted by Gasteiger charge is 2.28. The molecule has 2 rings (SSSR count). The molecule has 24 heavy (non-hydrogen) atoms. The Hall–Kier alpha value is -2.36. The van der Waals surface area contributed by atoms with E-state index in [-0.39, 0.29) is 4.57 Å². The molecule has 0 spiro atoms. The topological polar surface area (TPSA) is 73.1 Å². The monoisotopic (exact) mass is 405 g/mol. The number of alkyl halides is 3. The summed E-state index contributed by atoms with van der Waals surface area (Å²) in [7, 11) is 0. The van der Waals surface area contributed by atoms with Crippen molar-refractivity contribution >= 4 is 27.5 Å². The minimum Gasteiger partial charge on any atom is -0.325 e. The summed E-state index contributed by atoms with van der Waals surface area (Å²) in [6.45, 7) is -2.05. The average molecular weight is 406 g/mol. The molecule has 10 heteroatoms. The van der Waals surface area contributed by atoms with Gasteiger partial charge in [-0.25, -0.2) is 0 Å². The van der Waals surface area contributed by atoms with Crippen molar-refractivity contribution in [2.24, 2.45) is 0 Å². The molecule has 0 aliphatic heterocycles. The van der Waals surface area contributed by atoms with E-state index in [1.807, 2.05) is 0 Å². The van der Waals surface area contributed by atoms with Gasteiger partial charge in [0.1, 0.15) is 13.1 Å². The van der Waals surface area contributed by atoms with E-state index in [2.05, 4.69) is 21.2 Å². The normalized spacial score (nSPS) is 11.3. The summed E-state index contributed by atoms with van der Waals surface area (Å²) in [5.41, 5.74) is -2.07. The SMILES string of the molecule is O=C(Cn1ccn(CC(F)(F)F)c(=O)c1=O)Nc1ccc(Br)cc1. The van der Waals surface area contributed by atoms with Gasteiger partial charge in [-0.3, -0.25) is 19.0 Å². The summed E-state index contributed by atoms with van der Waals surface area (Å²) in [4.78, 5) is 35.3. The highest BCUT2D eigenvalue weighted by atomic mass is 79.9. The second-order valence-electron chi connectivity index (χ2n) is 4.83. The Labute approximate surface area is 141 Å². The van der Waals surface area contributed by atoms with E-state index in [1.165, 1.54) is 0 Å². The van der Waals surface area contributed by atoms with Gasteiger partial charge >= 0.3 is 17.3 Å². The number of halogens is 4. The van der Waals surface area contributed by atoms with E-state index in [0.717, 1.165) is 21.4 Å². The van der Waals surface area contributed by atoms with E-state index >= 15 is 0 Å². The summed E-state index contributed by atoms with van der Waals surface area (Å²) >= 11 is 3.24. The van der Waals surface area contributed by atoms with Gasteiger partial charge in [0.05, 0.1) is 0 Å². The van der Waals surface area contributed by atoms with Gasteiger partial charge in [-0.2, -0.15) is 13.2 Å². The molecule has 0 unspecified atom stereocenters. The zero-order valence-corrected chi connectivity index (χ0v) is 13.6. The number of anilines is 1. The molecule has 1 aromatic carbocycles. The van der Waals surface area contributed by atoms with Crippen LogP contribution in [0.5, 0.6) is 0 Å². The number of rotatable bonds is 4. The van der Waals surface area contributed by atoms with Crippen molar-refractivity contribution in [3.63, 3.8) is 0 Å². The standard InChI is InChI=1S/C14H11BrF3N3O3/c15-9-1-3-10(4-2-9)19-11(22)7-20-5-6-21(8-14(16,17)18)13(24)12(20)23/h1-6H,7-8H2,(H,19,22). The number of nitrogens with zero attached hydrogens (tertiary/aromatic N) is 2. The lowest BCUT2D eigenvalue weighted by atomic mass is 10.3. The number of benzene rings is 1. The van der Waals surface area contributed by atoms with Gasteiger partial charge in [0.2, 0.25) is 5.91 Å². The van der Waals surface area contributed by atoms with E-state index < -0.39 is 36.3 Å². The smallest absolute Gasteiger partial charge is 0.325 e. The first-order valence-corrected chi connectivity index (χ1v) is 7.37. The summed E-state index contributed by atoms with van der Waals surface area (Å²) < 4.78 is 38.7. The number of hydrogen-bond donors (Lipinski definition) is 1. The maximum absolute atomic E-state index is 12.3. The minimum absolute atomic E-state index is 0.255. The highest BCUT2D eigenvalue weighted by molar-refractivity contribution is 9.10. The molecule has 1 amide bonds. The number of carbonyl (C=O) groups excluding carboxylic acids is 1. The van der Waals surface area contributed by atoms with Crippen LogP contribution < -0.4 is 16.4 Å². The van der Waals surface area contributed by atoms with Crippen LogP contribution in [0.3, 0.4) is 0 Å². The van der Waals surface area contributed by atoms with Crippen molar-refractivity contribution in [1.82, 2.24) is 9.13 Å². The van der Waals surface area contributed by atoms with Crippen molar-refractivity contribution in [2.75, 3.05) is 5.32 Å². The number of aromatic nitrogens is 2. The molecule has 0 saturated carbocycles. The molecule has 0 saturated heterocycles. The third kappa shape index (κ3) is 4.82. The van der Waals surface area contributed by atoms with Crippen molar-refractivity contribution in [2.45, 2.75) is 19.3 Å². The van der Waals surface area contributed by atoms with Gasteiger partial charge in [0.15, 0.2) is 0 Å². The first-order valence-electron chi connectivity index (χ1n) is 6.58. The van der Waals surface area contributed by atoms with Crippen LogP contribution >= 0.6 is 15.9 Å². The van der Waals surface area contributed by atoms with Crippen LogP contribution in [0.4, 0.5) is 18.9 Å². The van der Waals surface area contributed by atoms with Crippen molar-refractivity contribution < 1.29 is 18.0 Å². The fourth-order valence-electron chi connectivity index (χ4n) is 1.87. The molecule has 0 aliphatic carbocycles. The fourth-order valence-corrected chi connectivity index (χ4v) is 2.14. The summed E-state index contributed by atoms with van der Waals surface area (Å²) in [5.74, 6) is -0.590. The van der Waals surface area contributed by atoms with Crippen LogP contribution in [-0.4, -0.2) is 21.2 Å². The lowest BCUT2D eigenvalue weighted by Gasteiger charge is -2.11. The van der Waals surface area contributed by atoms with E-state index in [9.17, 15) is 27.6 Å². The second-order valence-corrected chi connectivity index (χ2v) is 5.75. The van der Waals surface area contributed by atoms with Crippen LogP contribution in [0.15, 0.2) is 50.7 Å². The Kier molecular flexibility index (Phi) is 5.27. The number of carbonyl (C=O) groups is 1. The summed E-state index contributed by atoms with van der Waals surface area (Å²) in [6.07, 6.45) is -2.83. The maximum atomic E-state index is 12.3. The quantitative estimate of drug-likeness (QED) is 0.790.